The summed E-state index contributed by atoms with van der Waals surface area (Å²) in [6.45, 7) is 2.23. The van der Waals surface area contributed by atoms with Gasteiger partial charge in [0.15, 0.2) is 5.82 Å². The first-order chi connectivity index (χ1) is 9.83. The van der Waals surface area contributed by atoms with E-state index < -0.39 is 0 Å². The van der Waals surface area contributed by atoms with Crippen molar-refractivity contribution in [2.75, 3.05) is 7.11 Å². The van der Waals surface area contributed by atoms with E-state index in [0.29, 0.717) is 0 Å². The molecule has 0 fully saturated rings. The van der Waals surface area contributed by atoms with E-state index in [1.165, 1.54) is 31.2 Å². The molecule has 0 spiro atoms. The van der Waals surface area contributed by atoms with Crippen LogP contribution in [-0.4, -0.2) is 17.1 Å². The Labute approximate surface area is 121 Å². The van der Waals surface area contributed by atoms with Gasteiger partial charge >= 0.3 is 0 Å². The van der Waals surface area contributed by atoms with Crippen LogP contribution in [0.25, 0.3) is 11.4 Å². The Morgan fingerprint density at radius 2 is 1.65 bits per heavy atom. The van der Waals surface area contributed by atoms with Crippen molar-refractivity contribution in [1.29, 1.82) is 0 Å². The lowest BCUT2D eigenvalue weighted by Gasteiger charge is -2.04. The molecule has 0 aliphatic carbocycles. The summed E-state index contributed by atoms with van der Waals surface area (Å²) in [7, 11) is 1.67. The molecule has 0 amide bonds. The first-order valence-corrected chi connectivity index (χ1v) is 7.29. The maximum atomic E-state index is 5.15. The summed E-state index contributed by atoms with van der Waals surface area (Å²) in [4.78, 5) is 8.90. The van der Waals surface area contributed by atoms with E-state index in [2.05, 4.69) is 16.9 Å². The fraction of sp³-hybridized carbons (Fsp3) is 0.412. The lowest BCUT2D eigenvalue weighted by atomic mass is 10.1. The first kappa shape index (κ1) is 14.5. The smallest absolute Gasteiger partial charge is 0.159 e. The molecule has 0 saturated carbocycles. The van der Waals surface area contributed by atoms with Crippen molar-refractivity contribution >= 4 is 0 Å². The van der Waals surface area contributed by atoms with Crippen molar-refractivity contribution in [3.63, 3.8) is 0 Å². The molecule has 3 heteroatoms. The predicted molar refractivity (Wildman–Crippen MR) is 81.9 cm³/mol. The number of hydrogen-bond acceptors (Lipinski definition) is 3. The molecular weight excluding hydrogens is 248 g/mol. The van der Waals surface area contributed by atoms with Crippen LogP contribution in [0.4, 0.5) is 0 Å². The van der Waals surface area contributed by atoms with E-state index in [1.54, 1.807) is 7.11 Å². The molecule has 0 radical (unpaired) electrons. The molecule has 20 heavy (non-hydrogen) atoms. The zero-order valence-electron chi connectivity index (χ0n) is 12.3. The van der Waals surface area contributed by atoms with Crippen LogP contribution >= 0.6 is 0 Å². The van der Waals surface area contributed by atoms with Crippen molar-refractivity contribution in [2.45, 2.75) is 39.0 Å². The lowest BCUT2D eigenvalue weighted by molar-refractivity contribution is 0.415. The molecule has 0 N–H and O–H groups in total. The highest BCUT2D eigenvalue weighted by Crippen LogP contribution is 2.19. The summed E-state index contributed by atoms with van der Waals surface area (Å²) < 4.78 is 5.15. The fourth-order valence-corrected chi connectivity index (χ4v) is 2.13. The van der Waals surface area contributed by atoms with Crippen molar-refractivity contribution in [2.24, 2.45) is 0 Å². The molecule has 2 rings (SSSR count). The normalized spacial score (nSPS) is 10.5. The number of methoxy groups -OCH3 is 1. The van der Waals surface area contributed by atoms with Gasteiger partial charge in [-0.15, -0.1) is 0 Å². The Bertz CT molecular complexity index is 506. The zero-order chi connectivity index (χ0) is 14.2. The molecule has 0 saturated heterocycles. The Balaban J connectivity index is 1.96. The Morgan fingerprint density at radius 3 is 2.25 bits per heavy atom. The van der Waals surface area contributed by atoms with Gasteiger partial charge in [0, 0.05) is 18.0 Å². The topological polar surface area (TPSA) is 35.0 Å². The Morgan fingerprint density at radius 1 is 0.950 bits per heavy atom. The summed E-state index contributed by atoms with van der Waals surface area (Å²) >= 11 is 0. The molecule has 1 aromatic heterocycles. The van der Waals surface area contributed by atoms with Gasteiger partial charge in [-0.25, -0.2) is 9.97 Å². The van der Waals surface area contributed by atoms with Crippen LogP contribution in [0.5, 0.6) is 5.75 Å². The van der Waals surface area contributed by atoms with E-state index in [1.807, 2.05) is 36.7 Å². The number of benzene rings is 1. The van der Waals surface area contributed by atoms with Crippen LogP contribution in [-0.2, 0) is 6.42 Å². The number of aryl methyl sites for hydroxylation is 1. The SMILES string of the molecule is CCCCCCc1cnc(-c2ccc(OC)cc2)nc1. The predicted octanol–water partition coefficient (Wildman–Crippen LogP) is 4.28. The van der Waals surface area contributed by atoms with Crippen LogP contribution in [0.15, 0.2) is 36.7 Å². The third-order valence-electron chi connectivity index (χ3n) is 3.37. The number of hydrogen-bond donors (Lipinski definition) is 0. The zero-order valence-corrected chi connectivity index (χ0v) is 12.3. The summed E-state index contributed by atoms with van der Waals surface area (Å²) in [6, 6.07) is 7.82. The second-order valence-electron chi connectivity index (χ2n) is 4.95. The maximum absolute atomic E-state index is 5.15. The highest BCUT2D eigenvalue weighted by molar-refractivity contribution is 5.55. The number of nitrogens with zero attached hydrogens (tertiary/aromatic N) is 2. The van der Waals surface area contributed by atoms with E-state index in [9.17, 15) is 0 Å². The van der Waals surface area contributed by atoms with Gasteiger partial charge in [-0.1, -0.05) is 26.2 Å². The van der Waals surface area contributed by atoms with E-state index in [-0.39, 0.29) is 0 Å². The largest absolute Gasteiger partial charge is 0.497 e. The highest BCUT2D eigenvalue weighted by atomic mass is 16.5. The van der Waals surface area contributed by atoms with Gasteiger partial charge < -0.3 is 4.74 Å². The van der Waals surface area contributed by atoms with Crippen molar-refractivity contribution in [1.82, 2.24) is 9.97 Å². The monoisotopic (exact) mass is 270 g/mol. The third kappa shape index (κ3) is 4.05. The molecule has 0 aliphatic heterocycles. The summed E-state index contributed by atoms with van der Waals surface area (Å²) in [5.74, 6) is 1.62. The van der Waals surface area contributed by atoms with E-state index in [0.717, 1.165) is 23.6 Å². The van der Waals surface area contributed by atoms with Gasteiger partial charge in [0.05, 0.1) is 7.11 Å². The average Bonchev–Trinajstić information content (AvgIpc) is 2.52. The molecule has 0 bridgehead atoms. The summed E-state index contributed by atoms with van der Waals surface area (Å²) in [5.41, 5.74) is 2.24. The third-order valence-corrected chi connectivity index (χ3v) is 3.37. The maximum Gasteiger partial charge on any atom is 0.159 e. The second-order valence-corrected chi connectivity index (χ2v) is 4.95. The highest BCUT2D eigenvalue weighted by Gasteiger charge is 2.02. The van der Waals surface area contributed by atoms with Gasteiger partial charge in [0.25, 0.3) is 0 Å². The molecule has 2 aromatic rings. The van der Waals surface area contributed by atoms with E-state index >= 15 is 0 Å². The van der Waals surface area contributed by atoms with Gasteiger partial charge in [-0.2, -0.15) is 0 Å². The van der Waals surface area contributed by atoms with Crippen LogP contribution in [0.2, 0.25) is 0 Å². The number of rotatable bonds is 7. The molecular formula is C17H22N2O. The minimum atomic E-state index is 0.768. The number of aromatic nitrogens is 2. The van der Waals surface area contributed by atoms with Crippen LogP contribution in [0.1, 0.15) is 38.2 Å². The standard InChI is InChI=1S/C17H22N2O/c1-3-4-5-6-7-14-12-18-17(19-13-14)15-8-10-16(20-2)11-9-15/h8-13H,3-7H2,1-2H3. The van der Waals surface area contributed by atoms with Gasteiger partial charge in [-0.05, 0) is 42.7 Å². The number of ether oxygens (including phenoxy) is 1. The molecule has 0 unspecified atom stereocenters. The molecule has 1 heterocycles. The molecule has 3 nitrogen and oxygen atoms in total. The first-order valence-electron chi connectivity index (χ1n) is 7.29. The van der Waals surface area contributed by atoms with E-state index in [4.69, 9.17) is 4.74 Å². The molecule has 0 atom stereocenters. The fourth-order valence-electron chi connectivity index (χ4n) is 2.13. The number of unbranched alkanes of at least 4 members (excludes halogenated alkanes) is 3. The molecule has 1 aromatic carbocycles. The summed E-state index contributed by atoms with van der Waals surface area (Å²) in [5, 5.41) is 0. The van der Waals surface area contributed by atoms with Gasteiger partial charge in [0.1, 0.15) is 5.75 Å². The molecule has 0 aliphatic rings. The Kier molecular flexibility index (Phi) is 5.54. The average molecular weight is 270 g/mol. The van der Waals surface area contributed by atoms with Crippen molar-refractivity contribution < 1.29 is 4.74 Å². The quantitative estimate of drug-likeness (QED) is 0.704. The van der Waals surface area contributed by atoms with Crippen molar-refractivity contribution in [3.8, 4) is 17.1 Å². The van der Waals surface area contributed by atoms with Gasteiger partial charge in [-0.3, -0.25) is 0 Å². The van der Waals surface area contributed by atoms with Crippen LogP contribution in [0, 0.1) is 0 Å². The minimum absolute atomic E-state index is 0.768. The second kappa shape index (κ2) is 7.63. The summed E-state index contributed by atoms with van der Waals surface area (Å²) in [6.07, 6.45) is 10.0. The van der Waals surface area contributed by atoms with Crippen LogP contribution in [0.3, 0.4) is 0 Å². The molecule has 106 valence electrons. The van der Waals surface area contributed by atoms with Crippen molar-refractivity contribution in [3.05, 3.63) is 42.2 Å². The lowest BCUT2D eigenvalue weighted by Crippen LogP contribution is -1.93. The van der Waals surface area contributed by atoms with Crippen LogP contribution < -0.4 is 4.74 Å². The Hall–Kier alpha value is -1.90. The minimum Gasteiger partial charge on any atom is -0.497 e. The van der Waals surface area contributed by atoms with Gasteiger partial charge in [0.2, 0.25) is 0 Å².